The highest BCUT2D eigenvalue weighted by atomic mass is 14.4. The third-order valence-corrected chi connectivity index (χ3v) is 4.10. The molecule has 0 aromatic rings. The van der Waals surface area contributed by atoms with Crippen molar-refractivity contribution in [3.63, 3.8) is 0 Å². The summed E-state index contributed by atoms with van der Waals surface area (Å²) in [5.41, 5.74) is 2.71. The molecule has 0 saturated heterocycles. The van der Waals surface area contributed by atoms with E-state index >= 15 is 0 Å². The molecule has 3 atom stereocenters. The number of rotatable bonds is 0. The van der Waals surface area contributed by atoms with E-state index in [0.717, 1.165) is 17.8 Å². The Labute approximate surface area is 81.7 Å². The lowest BCUT2D eigenvalue weighted by Gasteiger charge is -2.42. The maximum absolute atomic E-state index is 4.21. The van der Waals surface area contributed by atoms with Crippen LogP contribution in [-0.4, -0.2) is 0 Å². The van der Waals surface area contributed by atoms with Gasteiger partial charge in [0.15, 0.2) is 0 Å². The Hall–Kier alpha value is -0.520. The summed E-state index contributed by atoms with van der Waals surface area (Å²) >= 11 is 0. The number of allylic oxidation sites excluding steroid dienone is 2. The second-order valence-corrected chi connectivity index (χ2v) is 4.85. The maximum Gasteiger partial charge on any atom is -0.0134 e. The van der Waals surface area contributed by atoms with E-state index in [1.54, 1.807) is 0 Å². The van der Waals surface area contributed by atoms with Crippen LogP contribution in [0.25, 0.3) is 0 Å². The molecule has 0 aromatic carbocycles. The van der Waals surface area contributed by atoms with Gasteiger partial charge in [-0.1, -0.05) is 38.5 Å². The largest absolute Gasteiger partial charge is 0.0956 e. The maximum atomic E-state index is 4.21. The first-order valence-corrected chi connectivity index (χ1v) is 5.57. The number of hydrogen-bond acceptors (Lipinski definition) is 0. The fourth-order valence-corrected chi connectivity index (χ4v) is 3.17. The molecule has 0 spiro atoms. The minimum atomic E-state index is 0.782. The van der Waals surface area contributed by atoms with Crippen molar-refractivity contribution in [2.75, 3.05) is 0 Å². The molecule has 2 aliphatic rings. The smallest absolute Gasteiger partial charge is 0.0134 e. The zero-order valence-corrected chi connectivity index (χ0v) is 8.68. The number of hydrogen-bond donors (Lipinski definition) is 0. The Morgan fingerprint density at radius 2 is 1.92 bits per heavy atom. The summed E-state index contributed by atoms with van der Waals surface area (Å²) in [7, 11) is 0. The Balaban J connectivity index is 2.17. The number of fused-ring (bicyclic) bond motifs is 1. The summed E-state index contributed by atoms with van der Waals surface area (Å²) in [6.45, 7) is 10.7. The van der Waals surface area contributed by atoms with Gasteiger partial charge in [-0.15, -0.1) is 0 Å². The highest BCUT2D eigenvalue weighted by Crippen LogP contribution is 2.46. The normalized spacial score (nSPS) is 40.2. The molecule has 0 heterocycles. The van der Waals surface area contributed by atoms with Crippen LogP contribution in [0.15, 0.2) is 24.3 Å². The topological polar surface area (TPSA) is 0 Å². The Bertz CT molecular complexity index is 236. The van der Waals surface area contributed by atoms with Crippen molar-refractivity contribution in [3.8, 4) is 0 Å². The van der Waals surface area contributed by atoms with E-state index in [4.69, 9.17) is 0 Å². The van der Waals surface area contributed by atoms with Crippen LogP contribution >= 0.6 is 0 Å². The van der Waals surface area contributed by atoms with E-state index in [1.165, 1.54) is 43.3 Å². The lowest BCUT2D eigenvalue weighted by molar-refractivity contribution is 0.169. The first-order valence-electron chi connectivity index (χ1n) is 5.57. The molecular weight excluding hydrogens is 156 g/mol. The molecule has 0 N–H and O–H groups in total. The van der Waals surface area contributed by atoms with E-state index in [1.807, 2.05) is 0 Å². The van der Waals surface area contributed by atoms with Gasteiger partial charge in [0.2, 0.25) is 0 Å². The third kappa shape index (κ3) is 1.47. The molecule has 3 unspecified atom stereocenters. The van der Waals surface area contributed by atoms with Gasteiger partial charge < -0.3 is 0 Å². The monoisotopic (exact) mass is 176 g/mol. The summed E-state index contributed by atoms with van der Waals surface area (Å²) in [6.07, 6.45) is 6.76. The Morgan fingerprint density at radius 1 is 1.15 bits per heavy atom. The molecule has 2 rings (SSSR count). The minimum absolute atomic E-state index is 0.782. The lowest BCUT2D eigenvalue weighted by atomic mass is 9.63. The van der Waals surface area contributed by atoms with Gasteiger partial charge in [0.1, 0.15) is 0 Å². The Kier molecular flexibility index (Phi) is 2.31. The average Bonchev–Trinajstić information content (AvgIpc) is 2.12. The zero-order chi connectivity index (χ0) is 9.42. The second-order valence-electron chi connectivity index (χ2n) is 4.85. The molecule has 0 nitrogen and oxygen atoms in total. The molecule has 72 valence electrons. The van der Waals surface area contributed by atoms with Gasteiger partial charge in [-0.2, -0.15) is 0 Å². The fourth-order valence-electron chi connectivity index (χ4n) is 3.17. The van der Waals surface area contributed by atoms with Crippen LogP contribution in [-0.2, 0) is 0 Å². The van der Waals surface area contributed by atoms with Crippen molar-refractivity contribution < 1.29 is 0 Å². The molecular formula is C13H20. The summed E-state index contributed by atoms with van der Waals surface area (Å²) in [6, 6.07) is 0. The van der Waals surface area contributed by atoms with Crippen LogP contribution in [0.4, 0.5) is 0 Å². The predicted molar refractivity (Wildman–Crippen MR) is 57.5 cm³/mol. The van der Waals surface area contributed by atoms with Gasteiger partial charge in [0, 0.05) is 0 Å². The van der Waals surface area contributed by atoms with Crippen LogP contribution in [0, 0.1) is 17.8 Å². The van der Waals surface area contributed by atoms with Crippen molar-refractivity contribution >= 4 is 0 Å². The Morgan fingerprint density at radius 3 is 2.69 bits per heavy atom. The molecule has 0 aliphatic heterocycles. The van der Waals surface area contributed by atoms with Crippen molar-refractivity contribution in [2.45, 2.75) is 39.0 Å². The third-order valence-electron chi connectivity index (χ3n) is 4.10. The van der Waals surface area contributed by atoms with Gasteiger partial charge in [0.05, 0.1) is 0 Å². The van der Waals surface area contributed by atoms with Crippen molar-refractivity contribution in [3.05, 3.63) is 24.3 Å². The van der Waals surface area contributed by atoms with Crippen LogP contribution < -0.4 is 0 Å². The van der Waals surface area contributed by atoms with Gasteiger partial charge in [-0.05, 0) is 42.6 Å². The predicted octanol–water partition coefficient (Wildman–Crippen LogP) is 3.95. The molecule has 2 fully saturated rings. The van der Waals surface area contributed by atoms with Crippen LogP contribution in [0.3, 0.4) is 0 Å². The average molecular weight is 176 g/mol. The first-order chi connectivity index (χ1) is 6.20. The van der Waals surface area contributed by atoms with E-state index in [2.05, 4.69) is 20.1 Å². The lowest BCUT2D eigenvalue weighted by Crippen LogP contribution is -2.31. The molecule has 0 amide bonds. The molecule has 0 bridgehead atoms. The van der Waals surface area contributed by atoms with E-state index in [-0.39, 0.29) is 0 Å². The highest BCUT2D eigenvalue weighted by Gasteiger charge is 2.35. The fraction of sp³-hybridized carbons (Fsp3) is 0.692. The van der Waals surface area contributed by atoms with E-state index in [9.17, 15) is 0 Å². The summed E-state index contributed by atoms with van der Waals surface area (Å²) in [5, 5.41) is 0. The van der Waals surface area contributed by atoms with Crippen LogP contribution in [0.2, 0.25) is 0 Å². The zero-order valence-electron chi connectivity index (χ0n) is 8.68. The molecule has 2 aliphatic carbocycles. The second kappa shape index (κ2) is 3.32. The quantitative estimate of drug-likeness (QED) is 0.524. The van der Waals surface area contributed by atoms with Gasteiger partial charge in [-0.25, -0.2) is 0 Å². The molecule has 0 radical (unpaired) electrons. The standard InChI is InChI=1S/C13H20/c1-9-7-8-12-10(2)5-4-6-13(12)11(9)3/h10,12-13H,1,3-8H2,2H3. The molecule has 13 heavy (non-hydrogen) atoms. The van der Waals surface area contributed by atoms with Gasteiger partial charge >= 0.3 is 0 Å². The SMILES string of the molecule is C=C1CCC2C(C)CCCC2C1=C. The van der Waals surface area contributed by atoms with Crippen LogP contribution in [0.5, 0.6) is 0 Å². The van der Waals surface area contributed by atoms with Crippen molar-refractivity contribution in [1.82, 2.24) is 0 Å². The van der Waals surface area contributed by atoms with E-state index < -0.39 is 0 Å². The van der Waals surface area contributed by atoms with Crippen molar-refractivity contribution in [1.29, 1.82) is 0 Å². The summed E-state index contributed by atoms with van der Waals surface area (Å²) < 4.78 is 0. The first kappa shape index (κ1) is 9.05. The minimum Gasteiger partial charge on any atom is -0.0956 e. The van der Waals surface area contributed by atoms with Crippen LogP contribution in [0.1, 0.15) is 39.0 Å². The summed E-state index contributed by atoms with van der Waals surface area (Å²) in [4.78, 5) is 0. The van der Waals surface area contributed by atoms with E-state index in [0.29, 0.717) is 0 Å². The molecule has 0 heteroatoms. The molecule has 2 saturated carbocycles. The van der Waals surface area contributed by atoms with Gasteiger partial charge in [0.25, 0.3) is 0 Å². The molecule has 0 aromatic heterocycles. The van der Waals surface area contributed by atoms with Gasteiger partial charge in [-0.3, -0.25) is 0 Å². The van der Waals surface area contributed by atoms with Crippen molar-refractivity contribution in [2.24, 2.45) is 17.8 Å². The highest BCUT2D eigenvalue weighted by molar-refractivity contribution is 5.31. The summed E-state index contributed by atoms with van der Waals surface area (Å²) in [5.74, 6) is 2.63.